The number of hydrogen-bond acceptors (Lipinski definition) is 4. The molecule has 1 aromatic carbocycles. The van der Waals surface area contributed by atoms with Gasteiger partial charge in [0.25, 0.3) is 5.69 Å². The van der Waals surface area contributed by atoms with Gasteiger partial charge in [-0.2, -0.15) is 0 Å². The Morgan fingerprint density at radius 2 is 2.11 bits per heavy atom. The van der Waals surface area contributed by atoms with Crippen molar-refractivity contribution in [2.45, 2.75) is 30.6 Å². The van der Waals surface area contributed by atoms with E-state index in [-0.39, 0.29) is 11.3 Å². The van der Waals surface area contributed by atoms with E-state index in [2.05, 4.69) is 0 Å². The van der Waals surface area contributed by atoms with Gasteiger partial charge in [-0.3, -0.25) is 10.1 Å². The van der Waals surface area contributed by atoms with Crippen LogP contribution in [0.3, 0.4) is 0 Å². The number of nitro groups is 1. The van der Waals surface area contributed by atoms with Gasteiger partial charge in [0.2, 0.25) is 0 Å². The zero-order valence-corrected chi connectivity index (χ0v) is 11.2. The van der Waals surface area contributed by atoms with Crippen LogP contribution in [0, 0.1) is 16.0 Å². The second kappa shape index (κ2) is 6.06. The van der Waals surface area contributed by atoms with Crippen molar-refractivity contribution in [3.8, 4) is 0 Å². The Bertz CT molecular complexity index is 497. The summed E-state index contributed by atoms with van der Waals surface area (Å²) in [5, 5.41) is 19.7. The third-order valence-electron chi connectivity index (χ3n) is 3.36. The molecule has 102 valence electrons. The summed E-state index contributed by atoms with van der Waals surface area (Å²) in [5.74, 6) is 0.389. The Morgan fingerprint density at radius 1 is 1.42 bits per heavy atom. The first-order chi connectivity index (χ1) is 9.08. The molecule has 0 radical (unpaired) electrons. The molecular formula is C13H15NO4S. The second-order valence-corrected chi connectivity index (χ2v) is 5.80. The van der Waals surface area contributed by atoms with Gasteiger partial charge < -0.3 is 5.11 Å². The average Bonchev–Trinajstić information content (AvgIpc) is 2.88. The molecule has 19 heavy (non-hydrogen) atoms. The third-order valence-corrected chi connectivity index (χ3v) is 4.58. The van der Waals surface area contributed by atoms with Gasteiger partial charge in [-0.25, -0.2) is 4.79 Å². The summed E-state index contributed by atoms with van der Waals surface area (Å²) in [6, 6.07) is 4.31. The van der Waals surface area contributed by atoms with Gasteiger partial charge in [-0.15, -0.1) is 11.8 Å². The van der Waals surface area contributed by atoms with Crippen molar-refractivity contribution >= 4 is 23.4 Å². The van der Waals surface area contributed by atoms with Gasteiger partial charge in [0, 0.05) is 16.7 Å². The fourth-order valence-corrected chi connectivity index (χ4v) is 3.45. The average molecular weight is 281 g/mol. The molecule has 1 aromatic rings. The van der Waals surface area contributed by atoms with E-state index in [0.29, 0.717) is 5.92 Å². The normalized spacial score (nSPS) is 15.6. The number of nitro benzene ring substituents is 1. The fourth-order valence-electron chi connectivity index (χ4n) is 2.33. The van der Waals surface area contributed by atoms with Crippen LogP contribution in [-0.2, 0) is 0 Å². The molecule has 0 heterocycles. The predicted molar refractivity (Wildman–Crippen MR) is 72.7 cm³/mol. The van der Waals surface area contributed by atoms with Crippen LogP contribution in [0.1, 0.15) is 36.0 Å². The number of rotatable bonds is 5. The number of carboxylic acid groups (broad SMARTS) is 1. The maximum absolute atomic E-state index is 11.0. The smallest absolute Gasteiger partial charge is 0.342 e. The molecule has 0 aromatic heterocycles. The maximum Gasteiger partial charge on any atom is 0.342 e. The van der Waals surface area contributed by atoms with E-state index in [4.69, 9.17) is 5.11 Å². The van der Waals surface area contributed by atoms with Crippen molar-refractivity contribution < 1.29 is 14.8 Å². The molecule has 1 saturated carbocycles. The molecule has 0 atom stereocenters. The fraction of sp³-hybridized carbons (Fsp3) is 0.462. The Labute approximate surface area is 115 Å². The van der Waals surface area contributed by atoms with Crippen LogP contribution in [-0.4, -0.2) is 21.8 Å². The quantitative estimate of drug-likeness (QED) is 0.507. The summed E-state index contributed by atoms with van der Waals surface area (Å²) < 4.78 is 0. The van der Waals surface area contributed by atoms with Crippen LogP contribution in [0.5, 0.6) is 0 Å². The van der Waals surface area contributed by atoms with Gasteiger partial charge in [0.1, 0.15) is 5.56 Å². The molecule has 5 nitrogen and oxygen atoms in total. The molecule has 1 aliphatic rings. The van der Waals surface area contributed by atoms with Crippen molar-refractivity contribution in [2.75, 3.05) is 5.75 Å². The molecule has 0 bridgehead atoms. The minimum absolute atomic E-state index is 0.235. The Hall–Kier alpha value is -1.56. The summed E-state index contributed by atoms with van der Waals surface area (Å²) in [7, 11) is 0. The summed E-state index contributed by atoms with van der Waals surface area (Å²) >= 11 is 1.58. The topological polar surface area (TPSA) is 80.4 Å². The molecule has 0 unspecified atom stereocenters. The maximum atomic E-state index is 11.0. The summed E-state index contributed by atoms with van der Waals surface area (Å²) in [5.41, 5.74) is -0.584. The Kier molecular flexibility index (Phi) is 4.42. The SMILES string of the molecule is O=C(O)c1cc(SCC2CCCC2)ccc1[N+](=O)[O-]. The summed E-state index contributed by atoms with van der Waals surface area (Å²) in [4.78, 5) is 21.9. The van der Waals surface area contributed by atoms with Crippen LogP contribution in [0.4, 0.5) is 5.69 Å². The molecular weight excluding hydrogens is 266 g/mol. The first kappa shape index (κ1) is 13.9. The van der Waals surface area contributed by atoms with E-state index in [0.717, 1.165) is 10.6 Å². The highest BCUT2D eigenvalue weighted by atomic mass is 32.2. The van der Waals surface area contributed by atoms with Crippen molar-refractivity contribution in [3.05, 3.63) is 33.9 Å². The highest BCUT2D eigenvalue weighted by molar-refractivity contribution is 7.99. The van der Waals surface area contributed by atoms with Crippen LogP contribution < -0.4 is 0 Å². The molecule has 0 aliphatic heterocycles. The molecule has 1 N–H and O–H groups in total. The molecule has 2 rings (SSSR count). The number of hydrogen-bond donors (Lipinski definition) is 1. The lowest BCUT2D eigenvalue weighted by atomic mass is 10.1. The van der Waals surface area contributed by atoms with Crippen molar-refractivity contribution in [2.24, 2.45) is 5.92 Å². The van der Waals surface area contributed by atoms with E-state index >= 15 is 0 Å². The van der Waals surface area contributed by atoms with Crippen molar-refractivity contribution in [1.29, 1.82) is 0 Å². The Balaban J connectivity index is 2.11. The lowest BCUT2D eigenvalue weighted by Gasteiger charge is -2.08. The molecule has 1 aliphatic carbocycles. The van der Waals surface area contributed by atoms with Gasteiger partial charge in [0.15, 0.2) is 0 Å². The van der Waals surface area contributed by atoms with Crippen molar-refractivity contribution in [3.63, 3.8) is 0 Å². The van der Waals surface area contributed by atoms with Gasteiger partial charge in [0.05, 0.1) is 4.92 Å². The van der Waals surface area contributed by atoms with E-state index in [1.165, 1.54) is 37.8 Å². The highest BCUT2D eigenvalue weighted by Gasteiger charge is 2.21. The number of carboxylic acids is 1. The van der Waals surface area contributed by atoms with Crippen LogP contribution in [0.15, 0.2) is 23.1 Å². The monoisotopic (exact) mass is 281 g/mol. The molecule has 0 saturated heterocycles. The molecule has 0 spiro atoms. The first-order valence-corrected chi connectivity index (χ1v) is 7.21. The predicted octanol–water partition coefficient (Wildman–Crippen LogP) is 3.58. The van der Waals surface area contributed by atoms with Gasteiger partial charge >= 0.3 is 5.97 Å². The first-order valence-electron chi connectivity index (χ1n) is 6.22. The van der Waals surface area contributed by atoms with Crippen LogP contribution in [0.25, 0.3) is 0 Å². The standard InChI is InChI=1S/C13H15NO4S/c15-13(16)11-7-10(5-6-12(11)14(17)18)19-8-9-3-1-2-4-9/h5-7,9H,1-4,8H2,(H,15,16). The number of carbonyl (C=O) groups is 1. The molecule has 6 heteroatoms. The van der Waals surface area contributed by atoms with E-state index in [9.17, 15) is 14.9 Å². The lowest BCUT2D eigenvalue weighted by Crippen LogP contribution is -2.03. The highest BCUT2D eigenvalue weighted by Crippen LogP contribution is 2.32. The minimum Gasteiger partial charge on any atom is -0.477 e. The van der Waals surface area contributed by atoms with Gasteiger partial charge in [-0.05, 0) is 30.9 Å². The minimum atomic E-state index is -1.25. The van der Waals surface area contributed by atoms with Crippen LogP contribution in [0.2, 0.25) is 0 Å². The number of aromatic carboxylic acids is 1. The molecule has 1 fully saturated rings. The Morgan fingerprint density at radius 3 is 2.68 bits per heavy atom. The lowest BCUT2D eigenvalue weighted by molar-refractivity contribution is -0.385. The summed E-state index contributed by atoms with van der Waals surface area (Å²) in [6.45, 7) is 0. The van der Waals surface area contributed by atoms with E-state index < -0.39 is 10.9 Å². The van der Waals surface area contributed by atoms with E-state index in [1.54, 1.807) is 17.8 Å². The number of nitrogens with zero attached hydrogens (tertiary/aromatic N) is 1. The zero-order chi connectivity index (χ0) is 13.8. The van der Waals surface area contributed by atoms with E-state index in [1.807, 2.05) is 0 Å². The van der Waals surface area contributed by atoms with Gasteiger partial charge in [-0.1, -0.05) is 12.8 Å². The summed E-state index contributed by atoms with van der Waals surface area (Å²) in [6.07, 6.45) is 5.00. The number of thioether (sulfide) groups is 1. The third kappa shape index (κ3) is 3.47. The number of benzene rings is 1. The van der Waals surface area contributed by atoms with Crippen molar-refractivity contribution in [1.82, 2.24) is 0 Å². The van der Waals surface area contributed by atoms with Crippen LogP contribution >= 0.6 is 11.8 Å². The second-order valence-electron chi connectivity index (χ2n) is 4.70. The largest absolute Gasteiger partial charge is 0.477 e. The zero-order valence-electron chi connectivity index (χ0n) is 10.4. The molecule has 0 amide bonds.